The number of thiazole rings is 1. The van der Waals surface area contributed by atoms with Gasteiger partial charge in [0.15, 0.2) is 0 Å². The molecule has 2 nitrogen and oxygen atoms in total. The fourth-order valence-corrected chi connectivity index (χ4v) is 3.54. The van der Waals surface area contributed by atoms with Gasteiger partial charge in [-0.3, -0.25) is 0 Å². The zero-order valence-corrected chi connectivity index (χ0v) is 13.9. The summed E-state index contributed by atoms with van der Waals surface area (Å²) in [6.45, 7) is 3.93. The number of rotatable bonds is 5. The average molecular weight is 343 g/mol. The van der Waals surface area contributed by atoms with Crippen LogP contribution in [0.3, 0.4) is 0 Å². The molecular weight excluding hydrogens is 326 g/mol. The van der Waals surface area contributed by atoms with Crippen molar-refractivity contribution in [2.24, 2.45) is 5.41 Å². The van der Waals surface area contributed by atoms with Gasteiger partial charge in [-0.1, -0.05) is 30.7 Å². The van der Waals surface area contributed by atoms with Gasteiger partial charge in [-0.15, -0.1) is 11.3 Å². The molecule has 0 aliphatic heterocycles. The van der Waals surface area contributed by atoms with Crippen molar-refractivity contribution in [3.05, 3.63) is 40.5 Å². The Morgan fingerprint density at radius 1 is 1.36 bits per heavy atom. The second-order valence-electron chi connectivity index (χ2n) is 6.04. The molecule has 1 N–H and O–H groups in total. The van der Waals surface area contributed by atoms with Crippen LogP contribution in [0, 0.1) is 5.41 Å². The predicted octanol–water partition coefficient (Wildman–Crippen LogP) is 4.99. The van der Waals surface area contributed by atoms with Crippen molar-refractivity contribution in [1.82, 2.24) is 10.3 Å². The number of hydrogen-bond acceptors (Lipinski definition) is 3. The van der Waals surface area contributed by atoms with Crippen molar-refractivity contribution < 1.29 is 8.78 Å². The first kappa shape index (κ1) is 15.8. The van der Waals surface area contributed by atoms with Crippen LogP contribution in [0.25, 0.3) is 10.4 Å². The molecule has 1 heterocycles. The summed E-state index contributed by atoms with van der Waals surface area (Å²) in [5, 5.41) is 3.89. The summed E-state index contributed by atoms with van der Waals surface area (Å²) in [5.41, 5.74) is 2.76. The average Bonchev–Trinajstić information content (AvgIpc) is 2.84. The van der Waals surface area contributed by atoms with E-state index in [0.29, 0.717) is 11.6 Å². The van der Waals surface area contributed by atoms with Crippen molar-refractivity contribution >= 4 is 22.9 Å². The quantitative estimate of drug-likeness (QED) is 0.828. The summed E-state index contributed by atoms with van der Waals surface area (Å²) in [5.74, 6) is -2.56. The van der Waals surface area contributed by atoms with Gasteiger partial charge in [0.2, 0.25) is 0 Å². The molecule has 1 aliphatic rings. The first-order valence-corrected chi connectivity index (χ1v) is 8.39. The molecule has 118 valence electrons. The molecule has 3 rings (SSSR count). The zero-order valence-electron chi connectivity index (χ0n) is 12.4. The summed E-state index contributed by atoms with van der Waals surface area (Å²) >= 11 is 7.44. The highest BCUT2D eigenvalue weighted by molar-refractivity contribution is 7.13. The number of halogens is 3. The lowest BCUT2D eigenvalue weighted by atomic mass is 10.00. The topological polar surface area (TPSA) is 24.9 Å². The van der Waals surface area contributed by atoms with Crippen LogP contribution in [0.15, 0.2) is 29.8 Å². The highest BCUT2D eigenvalue weighted by Crippen LogP contribution is 2.62. The molecule has 0 amide bonds. The highest BCUT2D eigenvalue weighted by Gasteiger charge is 2.70. The van der Waals surface area contributed by atoms with Gasteiger partial charge in [0.05, 0.1) is 21.5 Å². The zero-order chi connectivity index (χ0) is 16.0. The number of alkyl halides is 2. The van der Waals surface area contributed by atoms with E-state index in [9.17, 15) is 8.78 Å². The molecule has 1 aromatic heterocycles. The molecule has 0 saturated heterocycles. The van der Waals surface area contributed by atoms with Gasteiger partial charge in [0.25, 0.3) is 5.92 Å². The van der Waals surface area contributed by atoms with Crippen LogP contribution in [-0.4, -0.2) is 16.9 Å². The van der Waals surface area contributed by atoms with Gasteiger partial charge in [0, 0.05) is 24.0 Å². The van der Waals surface area contributed by atoms with Crippen LogP contribution in [-0.2, 0) is 6.54 Å². The van der Waals surface area contributed by atoms with Crippen molar-refractivity contribution in [1.29, 1.82) is 0 Å². The molecular formula is C16H17ClF2N2S. The van der Waals surface area contributed by atoms with E-state index < -0.39 is 11.3 Å². The maximum atomic E-state index is 13.4. The van der Waals surface area contributed by atoms with E-state index in [-0.39, 0.29) is 12.5 Å². The summed E-state index contributed by atoms with van der Waals surface area (Å²) in [6, 6.07) is 7.30. The van der Waals surface area contributed by atoms with Gasteiger partial charge >= 0.3 is 0 Å². The van der Waals surface area contributed by atoms with E-state index in [4.69, 9.17) is 11.6 Å². The largest absolute Gasteiger partial charge is 0.308 e. The minimum absolute atomic E-state index is 0.0464. The summed E-state index contributed by atoms with van der Waals surface area (Å²) in [7, 11) is 0. The fourth-order valence-electron chi connectivity index (χ4n) is 2.59. The Labute approximate surface area is 137 Å². The van der Waals surface area contributed by atoms with E-state index in [0.717, 1.165) is 16.1 Å². The summed E-state index contributed by atoms with van der Waals surface area (Å²) in [6.07, 6.45) is -0.0464. The third-order valence-electron chi connectivity index (χ3n) is 4.58. The molecule has 1 aliphatic carbocycles. The van der Waals surface area contributed by atoms with Gasteiger partial charge in [-0.05, 0) is 24.6 Å². The molecule has 1 aromatic carbocycles. The first-order chi connectivity index (χ1) is 10.3. The van der Waals surface area contributed by atoms with Crippen LogP contribution in [0.4, 0.5) is 8.78 Å². The molecule has 22 heavy (non-hydrogen) atoms. The minimum atomic E-state index is -2.56. The minimum Gasteiger partial charge on any atom is -0.308 e. The standard InChI is InChI=1S/C16H17ClF2N2S/c1-10(15(2)8-16(15,18)19)20-7-13-14(22-9-21-13)11-3-5-12(17)6-4-11/h3-6,9-10,20H,7-8H2,1-2H3. The van der Waals surface area contributed by atoms with Crippen LogP contribution >= 0.6 is 22.9 Å². The van der Waals surface area contributed by atoms with E-state index in [2.05, 4.69) is 10.3 Å². The Bertz CT molecular complexity index is 671. The van der Waals surface area contributed by atoms with Crippen molar-refractivity contribution in [2.75, 3.05) is 0 Å². The number of aromatic nitrogens is 1. The predicted molar refractivity (Wildman–Crippen MR) is 86.5 cm³/mol. The smallest absolute Gasteiger partial charge is 0.255 e. The molecule has 1 fully saturated rings. The number of hydrogen-bond donors (Lipinski definition) is 1. The van der Waals surface area contributed by atoms with E-state index in [1.54, 1.807) is 23.8 Å². The molecule has 6 heteroatoms. The second kappa shape index (κ2) is 5.55. The van der Waals surface area contributed by atoms with Gasteiger partial charge in [0.1, 0.15) is 0 Å². The number of nitrogens with zero attached hydrogens (tertiary/aromatic N) is 1. The van der Waals surface area contributed by atoms with Gasteiger partial charge in [-0.2, -0.15) is 0 Å². The van der Waals surface area contributed by atoms with Crippen molar-refractivity contribution in [3.8, 4) is 10.4 Å². The van der Waals surface area contributed by atoms with Gasteiger partial charge < -0.3 is 5.32 Å². The Morgan fingerprint density at radius 2 is 2.00 bits per heavy atom. The summed E-state index contributed by atoms with van der Waals surface area (Å²) < 4.78 is 26.8. The highest BCUT2D eigenvalue weighted by atomic mass is 35.5. The van der Waals surface area contributed by atoms with E-state index >= 15 is 0 Å². The lowest BCUT2D eigenvalue weighted by Gasteiger charge is -2.21. The molecule has 2 aromatic rings. The van der Waals surface area contributed by atoms with Crippen LogP contribution in [0.2, 0.25) is 5.02 Å². The number of nitrogens with one attached hydrogen (secondary N) is 1. The van der Waals surface area contributed by atoms with E-state index in [1.165, 1.54) is 0 Å². The lowest BCUT2D eigenvalue weighted by molar-refractivity contribution is 0.0571. The molecule has 1 saturated carbocycles. The number of benzene rings is 1. The maximum Gasteiger partial charge on any atom is 0.255 e. The Balaban J connectivity index is 1.70. The molecule has 0 spiro atoms. The lowest BCUT2D eigenvalue weighted by Crippen LogP contribution is -2.36. The van der Waals surface area contributed by atoms with Crippen LogP contribution < -0.4 is 5.32 Å². The van der Waals surface area contributed by atoms with Gasteiger partial charge in [-0.25, -0.2) is 13.8 Å². The Kier molecular flexibility index (Phi) is 4.00. The third-order valence-corrected chi connectivity index (χ3v) is 5.75. The molecule has 2 atom stereocenters. The first-order valence-electron chi connectivity index (χ1n) is 7.13. The summed E-state index contributed by atoms with van der Waals surface area (Å²) in [4.78, 5) is 5.41. The monoisotopic (exact) mass is 342 g/mol. The van der Waals surface area contributed by atoms with Crippen molar-refractivity contribution in [2.45, 2.75) is 38.8 Å². The SMILES string of the molecule is CC(NCc1ncsc1-c1ccc(Cl)cc1)C1(C)CC1(F)F. The second-order valence-corrected chi connectivity index (χ2v) is 7.33. The van der Waals surface area contributed by atoms with Crippen molar-refractivity contribution in [3.63, 3.8) is 0 Å². The third kappa shape index (κ3) is 2.77. The Morgan fingerprint density at radius 3 is 2.59 bits per heavy atom. The molecule has 0 bridgehead atoms. The molecule has 0 radical (unpaired) electrons. The maximum absolute atomic E-state index is 13.4. The fraction of sp³-hybridized carbons (Fsp3) is 0.438. The molecule has 2 unspecified atom stereocenters. The van der Waals surface area contributed by atoms with Crippen LogP contribution in [0.5, 0.6) is 0 Å². The Hall–Kier alpha value is -1.04. The normalized spacial score (nSPS) is 24.2. The van der Waals surface area contributed by atoms with Crippen LogP contribution in [0.1, 0.15) is 26.0 Å². The van der Waals surface area contributed by atoms with E-state index in [1.807, 2.05) is 31.2 Å².